The van der Waals surface area contributed by atoms with Crippen LogP contribution in [0.1, 0.15) is 56.6 Å². The molecule has 1 heterocycles. The molecule has 0 bridgehead atoms. The van der Waals surface area contributed by atoms with Gasteiger partial charge in [-0.2, -0.15) is 0 Å². The highest BCUT2D eigenvalue weighted by molar-refractivity contribution is 6.10. The van der Waals surface area contributed by atoms with Gasteiger partial charge >= 0.3 is 0 Å². The van der Waals surface area contributed by atoms with Gasteiger partial charge in [-0.25, -0.2) is 0 Å². The van der Waals surface area contributed by atoms with Crippen LogP contribution in [0.4, 0.5) is 0 Å². The lowest BCUT2D eigenvalue weighted by Crippen LogP contribution is -2.21. The fourth-order valence-corrected chi connectivity index (χ4v) is 3.18. The summed E-state index contributed by atoms with van der Waals surface area (Å²) in [4.78, 5) is 4.40. The minimum atomic E-state index is 0.197. The first-order valence-electron chi connectivity index (χ1n) is 7.82. The lowest BCUT2D eigenvalue weighted by molar-refractivity contribution is 0.348. The van der Waals surface area contributed by atoms with E-state index in [-0.39, 0.29) is 6.17 Å². The molecular weight excluding hydrogens is 244 g/mol. The molecule has 0 spiro atoms. The predicted molar refractivity (Wildman–Crippen MR) is 85.9 cm³/mol. The number of benzene rings is 1. The Morgan fingerprint density at radius 1 is 1.00 bits per heavy atom. The van der Waals surface area contributed by atoms with Crippen molar-refractivity contribution in [1.82, 2.24) is 5.32 Å². The van der Waals surface area contributed by atoms with Crippen molar-refractivity contribution in [2.45, 2.75) is 51.6 Å². The standard InChI is InChI=1S/C18H24N2/c1-13-3-5-15(6-4-13)16-7-9-17(10-8-16)18-11-19-14(2)20-12-18/h7-15,19H,3-6H2,1-2H3. The van der Waals surface area contributed by atoms with Crippen molar-refractivity contribution in [1.29, 1.82) is 0 Å². The molecule has 0 radical (unpaired) electrons. The third kappa shape index (κ3) is 2.95. The zero-order valence-corrected chi connectivity index (χ0v) is 12.5. The van der Waals surface area contributed by atoms with E-state index in [4.69, 9.17) is 0 Å². The van der Waals surface area contributed by atoms with Gasteiger partial charge in [0, 0.05) is 18.0 Å². The maximum atomic E-state index is 4.40. The van der Waals surface area contributed by atoms with Gasteiger partial charge in [0.1, 0.15) is 6.17 Å². The van der Waals surface area contributed by atoms with Crippen LogP contribution < -0.4 is 5.32 Å². The molecule has 20 heavy (non-hydrogen) atoms. The molecule has 0 amide bonds. The maximum absolute atomic E-state index is 4.40. The summed E-state index contributed by atoms with van der Waals surface area (Å²) in [5.74, 6) is 1.69. The van der Waals surface area contributed by atoms with Crippen LogP contribution in [-0.4, -0.2) is 12.4 Å². The molecule has 0 saturated heterocycles. The molecule has 1 aliphatic heterocycles. The first kappa shape index (κ1) is 13.4. The molecule has 1 aliphatic carbocycles. The average Bonchev–Trinajstić information content (AvgIpc) is 2.49. The third-order valence-electron chi connectivity index (χ3n) is 4.65. The summed E-state index contributed by atoms with van der Waals surface area (Å²) < 4.78 is 0. The molecule has 2 aliphatic rings. The molecule has 3 rings (SSSR count). The monoisotopic (exact) mass is 268 g/mol. The molecule has 1 fully saturated rings. The predicted octanol–water partition coefficient (Wildman–Crippen LogP) is 4.34. The van der Waals surface area contributed by atoms with E-state index >= 15 is 0 Å². The number of hydrogen-bond donors (Lipinski definition) is 1. The Kier molecular flexibility index (Phi) is 3.90. The number of nitrogens with zero attached hydrogens (tertiary/aromatic N) is 1. The van der Waals surface area contributed by atoms with Crippen molar-refractivity contribution in [3.05, 3.63) is 41.6 Å². The molecular formula is C18H24N2. The van der Waals surface area contributed by atoms with E-state index in [9.17, 15) is 0 Å². The average molecular weight is 268 g/mol. The largest absolute Gasteiger partial charge is 0.369 e. The lowest BCUT2D eigenvalue weighted by atomic mass is 9.79. The Morgan fingerprint density at radius 2 is 1.70 bits per heavy atom. The van der Waals surface area contributed by atoms with Gasteiger partial charge in [-0.15, -0.1) is 0 Å². The van der Waals surface area contributed by atoms with Crippen LogP contribution in [0, 0.1) is 5.92 Å². The Balaban J connectivity index is 1.70. The van der Waals surface area contributed by atoms with Crippen molar-refractivity contribution < 1.29 is 0 Å². The summed E-state index contributed by atoms with van der Waals surface area (Å²) in [5.41, 5.74) is 3.93. The summed E-state index contributed by atoms with van der Waals surface area (Å²) in [6, 6.07) is 9.09. The molecule has 2 heteroatoms. The smallest absolute Gasteiger partial charge is 0.115 e. The fourth-order valence-electron chi connectivity index (χ4n) is 3.18. The molecule has 106 valence electrons. The summed E-state index contributed by atoms with van der Waals surface area (Å²) in [7, 11) is 0. The number of rotatable bonds is 2. The van der Waals surface area contributed by atoms with E-state index in [1.165, 1.54) is 42.4 Å². The Hall–Kier alpha value is -1.57. The molecule has 1 aromatic rings. The zero-order chi connectivity index (χ0) is 13.9. The SMILES string of the molecule is CC1CCC(c2ccc(C3=CNC(C)N=C3)cc2)CC1. The van der Waals surface area contributed by atoms with Crippen molar-refractivity contribution in [2.24, 2.45) is 10.9 Å². The van der Waals surface area contributed by atoms with Gasteiger partial charge in [-0.3, -0.25) is 4.99 Å². The van der Waals surface area contributed by atoms with Gasteiger partial charge in [0.15, 0.2) is 0 Å². The Labute approximate surface area is 122 Å². The summed E-state index contributed by atoms with van der Waals surface area (Å²) >= 11 is 0. The van der Waals surface area contributed by atoms with Gasteiger partial charge in [0.2, 0.25) is 0 Å². The van der Waals surface area contributed by atoms with Crippen molar-refractivity contribution >= 4 is 11.8 Å². The van der Waals surface area contributed by atoms with Crippen LogP contribution in [0.3, 0.4) is 0 Å². The van der Waals surface area contributed by atoms with Gasteiger partial charge in [0.25, 0.3) is 0 Å². The molecule has 1 aromatic carbocycles. The van der Waals surface area contributed by atoms with E-state index < -0.39 is 0 Å². The van der Waals surface area contributed by atoms with Crippen LogP contribution >= 0.6 is 0 Å². The molecule has 1 atom stereocenters. The highest BCUT2D eigenvalue weighted by Gasteiger charge is 2.19. The van der Waals surface area contributed by atoms with E-state index in [0.717, 1.165) is 11.8 Å². The quantitative estimate of drug-likeness (QED) is 0.847. The Morgan fingerprint density at radius 3 is 2.30 bits per heavy atom. The van der Waals surface area contributed by atoms with Gasteiger partial charge in [-0.05, 0) is 42.7 Å². The normalized spacial score (nSPS) is 29.7. The second kappa shape index (κ2) is 5.82. The second-order valence-electron chi connectivity index (χ2n) is 6.30. The van der Waals surface area contributed by atoms with Crippen molar-refractivity contribution in [3.8, 4) is 0 Å². The highest BCUT2D eigenvalue weighted by atomic mass is 15.1. The minimum absolute atomic E-state index is 0.197. The minimum Gasteiger partial charge on any atom is -0.369 e. The zero-order valence-electron chi connectivity index (χ0n) is 12.5. The second-order valence-corrected chi connectivity index (χ2v) is 6.30. The van der Waals surface area contributed by atoms with Crippen LogP contribution in [0.2, 0.25) is 0 Å². The van der Waals surface area contributed by atoms with E-state index in [0.29, 0.717) is 0 Å². The van der Waals surface area contributed by atoms with Crippen LogP contribution in [0.5, 0.6) is 0 Å². The number of allylic oxidation sites excluding steroid dienone is 1. The van der Waals surface area contributed by atoms with Gasteiger partial charge in [-0.1, -0.05) is 44.0 Å². The molecule has 1 unspecified atom stereocenters. The van der Waals surface area contributed by atoms with Gasteiger partial charge in [0.05, 0.1) is 0 Å². The van der Waals surface area contributed by atoms with Gasteiger partial charge < -0.3 is 5.32 Å². The number of hydrogen-bond acceptors (Lipinski definition) is 2. The summed E-state index contributed by atoms with van der Waals surface area (Å²) in [6.45, 7) is 4.43. The van der Waals surface area contributed by atoms with Crippen LogP contribution in [0.25, 0.3) is 5.57 Å². The number of nitrogens with one attached hydrogen (secondary N) is 1. The lowest BCUT2D eigenvalue weighted by Gasteiger charge is -2.26. The Bertz CT molecular complexity index is 505. The van der Waals surface area contributed by atoms with Crippen molar-refractivity contribution in [3.63, 3.8) is 0 Å². The maximum Gasteiger partial charge on any atom is 0.115 e. The number of aliphatic imine (C=N–C) groups is 1. The summed E-state index contributed by atoms with van der Waals surface area (Å²) in [5, 5.41) is 3.25. The molecule has 1 N–H and O–H groups in total. The fraction of sp³-hybridized carbons (Fsp3) is 0.500. The first-order valence-corrected chi connectivity index (χ1v) is 7.82. The van der Waals surface area contributed by atoms with Crippen molar-refractivity contribution in [2.75, 3.05) is 0 Å². The summed E-state index contributed by atoms with van der Waals surface area (Å²) in [6.07, 6.45) is 9.70. The topological polar surface area (TPSA) is 24.4 Å². The highest BCUT2D eigenvalue weighted by Crippen LogP contribution is 2.35. The molecule has 1 saturated carbocycles. The van der Waals surface area contributed by atoms with E-state index in [1.807, 2.05) is 6.21 Å². The molecule has 0 aromatic heterocycles. The van der Waals surface area contributed by atoms with E-state index in [1.54, 1.807) is 0 Å². The molecule has 2 nitrogen and oxygen atoms in total. The third-order valence-corrected chi connectivity index (χ3v) is 4.65. The van der Waals surface area contributed by atoms with E-state index in [2.05, 4.69) is 54.6 Å². The van der Waals surface area contributed by atoms with Crippen LogP contribution in [0.15, 0.2) is 35.5 Å². The van der Waals surface area contributed by atoms with Crippen LogP contribution in [-0.2, 0) is 0 Å². The first-order chi connectivity index (χ1) is 9.72.